The number of nitrogens with zero attached hydrogens (tertiary/aromatic N) is 2. The molecule has 0 fully saturated rings. The molecule has 0 aliphatic heterocycles. The number of ether oxygens (including phenoxy) is 1. The number of halogens is 2. The maximum atomic E-state index is 14.4. The summed E-state index contributed by atoms with van der Waals surface area (Å²) in [7, 11) is 1.57. The molecule has 0 bridgehead atoms. The van der Waals surface area contributed by atoms with Crippen LogP contribution >= 0.6 is 23.4 Å². The van der Waals surface area contributed by atoms with E-state index < -0.39 is 5.82 Å². The lowest BCUT2D eigenvalue weighted by atomic mass is 10.2. The van der Waals surface area contributed by atoms with Gasteiger partial charge in [0.15, 0.2) is 5.16 Å². The molecule has 2 heterocycles. The number of hydrogen-bond acceptors (Lipinski definition) is 4. The molecule has 0 spiro atoms. The molecule has 32 heavy (non-hydrogen) atoms. The highest BCUT2D eigenvalue weighted by molar-refractivity contribution is 7.98. The van der Waals surface area contributed by atoms with Gasteiger partial charge in [0.25, 0.3) is 5.56 Å². The van der Waals surface area contributed by atoms with Crippen LogP contribution in [0.25, 0.3) is 27.6 Å². The van der Waals surface area contributed by atoms with Gasteiger partial charge in [-0.15, -0.1) is 0 Å². The molecule has 0 saturated carbocycles. The van der Waals surface area contributed by atoms with E-state index in [4.69, 9.17) is 21.3 Å². The number of aromatic nitrogens is 3. The average molecular weight is 466 g/mol. The lowest BCUT2D eigenvalue weighted by Gasteiger charge is -2.13. The summed E-state index contributed by atoms with van der Waals surface area (Å²) in [5.41, 5.74) is 2.52. The molecular formula is C24H17ClFN3O2S. The van der Waals surface area contributed by atoms with Crippen LogP contribution in [0.15, 0.2) is 76.7 Å². The van der Waals surface area contributed by atoms with Crippen molar-refractivity contribution < 1.29 is 9.13 Å². The monoisotopic (exact) mass is 465 g/mol. The van der Waals surface area contributed by atoms with Gasteiger partial charge in [-0.05, 0) is 30.3 Å². The summed E-state index contributed by atoms with van der Waals surface area (Å²) in [6.45, 7) is 0. The van der Waals surface area contributed by atoms with E-state index in [2.05, 4.69) is 4.98 Å². The van der Waals surface area contributed by atoms with E-state index in [0.717, 1.165) is 10.9 Å². The van der Waals surface area contributed by atoms with Crippen LogP contribution in [-0.2, 0) is 5.75 Å². The summed E-state index contributed by atoms with van der Waals surface area (Å²) >= 11 is 7.47. The van der Waals surface area contributed by atoms with Gasteiger partial charge < -0.3 is 9.72 Å². The number of fused-ring (bicyclic) bond motifs is 3. The zero-order valence-corrected chi connectivity index (χ0v) is 18.5. The SMILES string of the molecule is COc1cccc(-n2c(SCc3c(F)cccc3Cl)nc3c([nH]c4ccccc43)c2=O)c1. The van der Waals surface area contributed by atoms with Crippen LogP contribution in [0.2, 0.25) is 5.02 Å². The second kappa shape index (κ2) is 8.33. The van der Waals surface area contributed by atoms with Crippen LogP contribution in [0.5, 0.6) is 5.75 Å². The van der Waals surface area contributed by atoms with Gasteiger partial charge in [-0.1, -0.05) is 53.7 Å². The lowest BCUT2D eigenvalue weighted by Crippen LogP contribution is -2.21. The van der Waals surface area contributed by atoms with E-state index in [0.29, 0.717) is 38.2 Å². The summed E-state index contributed by atoms with van der Waals surface area (Å²) in [4.78, 5) is 21.6. The Labute approximate surface area is 191 Å². The molecule has 5 nitrogen and oxygen atoms in total. The Balaban J connectivity index is 1.73. The van der Waals surface area contributed by atoms with Gasteiger partial charge in [0.05, 0.1) is 12.8 Å². The first kappa shape index (κ1) is 20.6. The summed E-state index contributed by atoms with van der Waals surface area (Å²) in [6, 6.07) is 19.4. The minimum Gasteiger partial charge on any atom is -0.497 e. The van der Waals surface area contributed by atoms with Crippen LogP contribution in [0.3, 0.4) is 0 Å². The molecule has 0 unspecified atom stereocenters. The van der Waals surface area contributed by atoms with Crippen molar-refractivity contribution in [2.75, 3.05) is 7.11 Å². The number of rotatable bonds is 5. The first-order valence-electron chi connectivity index (χ1n) is 9.80. The summed E-state index contributed by atoms with van der Waals surface area (Å²) in [5.74, 6) is 0.433. The summed E-state index contributed by atoms with van der Waals surface area (Å²) in [6.07, 6.45) is 0. The lowest BCUT2D eigenvalue weighted by molar-refractivity contribution is 0.414. The van der Waals surface area contributed by atoms with E-state index in [9.17, 15) is 9.18 Å². The molecule has 0 aliphatic rings. The van der Waals surface area contributed by atoms with E-state index in [1.165, 1.54) is 22.4 Å². The number of para-hydroxylation sites is 1. The third-order valence-electron chi connectivity index (χ3n) is 5.21. The van der Waals surface area contributed by atoms with E-state index in [-0.39, 0.29) is 11.3 Å². The highest BCUT2D eigenvalue weighted by Crippen LogP contribution is 2.31. The number of methoxy groups -OCH3 is 1. The first-order chi connectivity index (χ1) is 15.6. The molecule has 8 heteroatoms. The number of benzene rings is 3. The maximum Gasteiger partial charge on any atom is 0.283 e. The molecule has 0 aliphatic carbocycles. The van der Waals surface area contributed by atoms with Crippen molar-refractivity contribution in [2.45, 2.75) is 10.9 Å². The van der Waals surface area contributed by atoms with Crippen molar-refractivity contribution in [3.8, 4) is 11.4 Å². The van der Waals surface area contributed by atoms with Crippen LogP contribution in [0, 0.1) is 5.82 Å². The van der Waals surface area contributed by atoms with Gasteiger partial charge in [0.2, 0.25) is 0 Å². The van der Waals surface area contributed by atoms with Crippen molar-refractivity contribution in [3.63, 3.8) is 0 Å². The van der Waals surface area contributed by atoms with Crippen molar-refractivity contribution in [3.05, 3.63) is 93.5 Å². The number of aromatic amines is 1. The average Bonchev–Trinajstić information content (AvgIpc) is 3.18. The third-order valence-corrected chi connectivity index (χ3v) is 6.53. The van der Waals surface area contributed by atoms with Gasteiger partial charge in [0, 0.05) is 33.3 Å². The normalized spacial score (nSPS) is 11.3. The molecular weight excluding hydrogens is 449 g/mol. The van der Waals surface area contributed by atoms with Gasteiger partial charge >= 0.3 is 0 Å². The van der Waals surface area contributed by atoms with Gasteiger partial charge in [-0.25, -0.2) is 9.37 Å². The molecule has 0 saturated heterocycles. The molecule has 0 radical (unpaired) electrons. The van der Waals surface area contributed by atoms with Crippen LogP contribution in [-0.4, -0.2) is 21.6 Å². The van der Waals surface area contributed by atoms with Gasteiger partial charge in [-0.2, -0.15) is 0 Å². The van der Waals surface area contributed by atoms with Crippen LogP contribution < -0.4 is 10.3 Å². The summed E-state index contributed by atoms with van der Waals surface area (Å²) in [5, 5.41) is 1.61. The predicted octanol–water partition coefficient (Wildman–Crippen LogP) is 5.96. The fourth-order valence-corrected chi connectivity index (χ4v) is 4.97. The third kappa shape index (κ3) is 3.53. The zero-order valence-electron chi connectivity index (χ0n) is 16.9. The Kier molecular flexibility index (Phi) is 5.36. The first-order valence-corrected chi connectivity index (χ1v) is 11.2. The quantitative estimate of drug-likeness (QED) is 0.257. The van der Waals surface area contributed by atoms with E-state index >= 15 is 0 Å². The Morgan fingerprint density at radius 1 is 1.12 bits per heavy atom. The minimum absolute atomic E-state index is 0.218. The summed E-state index contributed by atoms with van der Waals surface area (Å²) < 4.78 is 21.2. The van der Waals surface area contributed by atoms with Crippen molar-refractivity contribution >= 4 is 45.3 Å². The molecule has 1 N–H and O–H groups in total. The van der Waals surface area contributed by atoms with Crippen LogP contribution in [0.1, 0.15) is 5.56 Å². The number of thioether (sulfide) groups is 1. The number of H-pyrrole nitrogens is 1. The standard InChI is InChI=1S/C24H17ClFN3O2S/c1-31-15-7-4-6-14(12-15)29-23(30)22-21(16-8-2-3-11-20(16)27-22)28-24(29)32-13-17-18(25)9-5-10-19(17)26/h2-12,27H,13H2,1H3. The molecule has 2 aromatic heterocycles. The highest BCUT2D eigenvalue weighted by Gasteiger charge is 2.18. The van der Waals surface area contributed by atoms with Crippen LogP contribution in [0.4, 0.5) is 4.39 Å². The topological polar surface area (TPSA) is 59.9 Å². The van der Waals surface area contributed by atoms with Crippen molar-refractivity contribution in [2.24, 2.45) is 0 Å². The van der Waals surface area contributed by atoms with E-state index in [1.54, 1.807) is 43.5 Å². The molecule has 160 valence electrons. The fraction of sp³-hybridized carbons (Fsp3) is 0.0833. The molecule has 5 rings (SSSR count). The molecule has 5 aromatic rings. The molecule has 0 amide bonds. The highest BCUT2D eigenvalue weighted by atomic mass is 35.5. The largest absolute Gasteiger partial charge is 0.497 e. The maximum absolute atomic E-state index is 14.4. The second-order valence-corrected chi connectivity index (χ2v) is 8.47. The Hall–Kier alpha value is -3.29. The van der Waals surface area contributed by atoms with Gasteiger partial charge in [-0.3, -0.25) is 9.36 Å². The number of hydrogen-bond donors (Lipinski definition) is 1. The Morgan fingerprint density at radius 3 is 2.75 bits per heavy atom. The Bertz CT molecular complexity index is 1510. The smallest absolute Gasteiger partial charge is 0.283 e. The predicted molar refractivity (Wildman–Crippen MR) is 127 cm³/mol. The molecule has 0 atom stereocenters. The Morgan fingerprint density at radius 2 is 1.94 bits per heavy atom. The molecule has 3 aromatic carbocycles. The minimum atomic E-state index is -0.395. The fourth-order valence-electron chi connectivity index (χ4n) is 3.62. The zero-order chi connectivity index (χ0) is 22.2. The van der Waals surface area contributed by atoms with Crippen molar-refractivity contribution in [1.29, 1.82) is 0 Å². The van der Waals surface area contributed by atoms with Gasteiger partial charge in [0.1, 0.15) is 22.6 Å². The van der Waals surface area contributed by atoms with Crippen molar-refractivity contribution in [1.82, 2.24) is 14.5 Å². The second-order valence-electron chi connectivity index (χ2n) is 7.12. The van der Waals surface area contributed by atoms with E-state index in [1.807, 2.05) is 24.3 Å². The number of nitrogens with one attached hydrogen (secondary N) is 1.